The number of non-ortho nitro benzene ring substituents is 1. The topological polar surface area (TPSA) is 139 Å². The Morgan fingerprint density at radius 1 is 1.16 bits per heavy atom. The van der Waals surface area contributed by atoms with Crippen molar-refractivity contribution in [3.8, 4) is 5.75 Å². The number of nitrogens with one attached hydrogen (secondary N) is 1. The van der Waals surface area contributed by atoms with Gasteiger partial charge in [0.15, 0.2) is 0 Å². The first-order valence-corrected chi connectivity index (χ1v) is 13.9. The Balaban J connectivity index is 2.59. The number of hydrogen-bond donors (Lipinski definition) is 1. The molecule has 208 valence electrons. The Labute approximate surface area is 231 Å². The number of anilines is 1. The van der Waals surface area contributed by atoms with Gasteiger partial charge in [-0.3, -0.25) is 24.0 Å². The number of sulfonamides is 1. The first kappa shape index (κ1) is 31.1. The molecule has 1 N–H and O–H groups in total. The normalized spacial score (nSPS) is 12.4. The molecular formula is C24H30Cl2N4O7S. The van der Waals surface area contributed by atoms with Gasteiger partial charge in [-0.1, -0.05) is 29.3 Å². The molecule has 11 nitrogen and oxygen atoms in total. The van der Waals surface area contributed by atoms with Gasteiger partial charge in [-0.15, -0.1) is 0 Å². The third-order valence-electron chi connectivity index (χ3n) is 5.38. The molecule has 0 aliphatic carbocycles. The number of hydrogen-bond acceptors (Lipinski definition) is 7. The van der Waals surface area contributed by atoms with Gasteiger partial charge in [-0.05, 0) is 45.9 Å². The van der Waals surface area contributed by atoms with Gasteiger partial charge in [0.25, 0.3) is 5.69 Å². The summed E-state index contributed by atoms with van der Waals surface area (Å²) in [7, 11) is -2.89. The zero-order valence-corrected chi connectivity index (χ0v) is 24.1. The van der Waals surface area contributed by atoms with Crippen LogP contribution in [0.3, 0.4) is 0 Å². The highest BCUT2D eigenvalue weighted by atomic mass is 35.5. The van der Waals surface area contributed by atoms with E-state index in [0.717, 1.165) is 23.3 Å². The van der Waals surface area contributed by atoms with Gasteiger partial charge in [0.2, 0.25) is 21.8 Å². The number of benzene rings is 2. The molecule has 2 amide bonds. The van der Waals surface area contributed by atoms with Crippen molar-refractivity contribution in [2.75, 3.05) is 24.2 Å². The second kappa shape index (κ2) is 12.2. The monoisotopic (exact) mass is 588 g/mol. The van der Waals surface area contributed by atoms with Gasteiger partial charge in [0, 0.05) is 39.8 Å². The number of nitro groups is 1. The second-order valence-corrected chi connectivity index (χ2v) is 12.2. The first-order valence-electron chi connectivity index (χ1n) is 11.3. The summed E-state index contributed by atoms with van der Waals surface area (Å²) in [5, 5.41) is 14.6. The lowest BCUT2D eigenvalue weighted by Crippen LogP contribution is -2.54. The molecule has 2 aromatic carbocycles. The van der Waals surface area contributed by atoms with E-state index in [9.17, 15) is 28.1 Å². The van der Waals surface area contributed by atoms with Crippen LogP contribution in [0.15, 0.2) is 36.4 Å². The highest BCUT2D eigenvalue weighted by Crippen LogP contribution is 2.34. The molecule has 0 aliphatic rings. The van der Waals surface area contributed by atoms with Crippen molar-refractivity contribution >= 4 is 56.4 Å². The van der Waals surface area contributed by atoms with E-state index in [4.69, 9.17) is 27.9 Å². The summed E-state index contributed by atoms with van der Waals surface area (Å²) in [4.78, 5) is 38.6. The van der Waals surface area contributed by atoms with Crippen LogP contribution in [0.4, 0.5) is 11.4 Å². The molecule has 0 saturated carbocycles. The quantitative estimate of drug-likeness (QED) is 0.326. The predicted octanol–water partition coefficient (Wildman–Crippen LogP) is 4.01. The second-order valence-electron chi connectivity index (χ2n) is 9.52. The molecular weight excluding hydrogens is 559 g/mol. The third-order valence-corrected chi connectivity index (χ3v) is 7.21. The van der Waals surface area contributed by atoms with Crippen LogP contribution in [0.2, 0.25) is 10.0 Å². The fraction of sp³-hybridized carbons (Fsp3) is 0.417. The summed E-state index contributed by atoms with van der Waals surface area (Å²) < 4.78 is 31.5. The third kappa shape index (κ3) is 7.95. The van der Waals surface area contributed by atoms with Crippen molar-refractivity contribution in [1.29, 1.82) is 0 Å². The number of halogens is 2. The SMILES string of the molecule is COc1ccc([N+](=O)[O-])cc1N(CC(=O)N(Cc1c(Cl)cccc1Cl)[C@H](C)C(=O)NC(C)(C)C)S(C)(=O)=O. The van der Waals surface area contributed by atoms with E-state index in [1.807, 2.05) is 0 Å². The summed E-state index contributed by atoms with van der Waals surface area (Å²) >= 11 is 12.6. The van der Waals surface area contributed by atoms with Gasteiger partial charge in [0.1, 0.15) is 24.0 Å². The Morgan fingerprint density at radius 2 is 1.74 bits per heavy atom. The summed E-state index contributed by atoms with van der Waals surface area (Å²) in [6.07, 6.45) is 0.851. The van der Waals surface area contributed by atoms with Crippen molar-refractivity contribution in [2.24, 2.45) is 0 Å². The van der Waals surface area contributed by atoms with E-state index >= 15 is 0 Å². The average Bonchev–Trinajstić information content (AvgIpc) is 2.79. The van der Waals surface area contributed by atoms with Crippen LogP contribution in [-0.4, -0.2) is 61.5 Å². The van der Waals surface area contributed by atoms with E-state index in [2.05, 4.69) is 5.32 Å². The zero-order chi connectivity index (χ0) is 29.0. The van der Waals surface area contributed by atoms with Crippen LogP contribution in [0, 0.1) is 10.1 Å². The minimum atomic E-state index is -4.15. The summed E-state index contributed by atoms with van der Waals surface area (Å²) in [5.41, 5.74) is -0.866. The average molecular weight is 589 g/mol. The maximum atomic E-state index is 13.7. The smallest absolute Gasteiger partial charge is 0.271 e. The molecule has 0 heterocycles. The Morgan fingerprint density at radius 3 is 2.21 bits per heavy atom. The molecule has 38 heavy (non-hydrogen) atoms. The van der Waals surface area contributed by atoms with Crippen molar-refractivity contribution in [3.05, 3.63) is 62.1 Å². The standard InChI is InChI=1S/C24H30Cl2N4O7S/c1-15(23(32)27-24(2,3)4)28(13-17-18(25)8-7-9-19(17)26)22(31)14-29(38(6,35)36)20-12-16(30(33)34)10-11-21(20)37-5/h7-12,15H,13-14H2,1-6H3,(H,27,32)/t15-/m1/s1. The molecule has 0 aromatic heterocycles. The highest BCUT2D eigenvalue weighted by molar-refractivity contribution is 7.92. The number of methoxy groups -OCH3 is 1. The minimum Gasteiger partial charge on any atom is -0.495 e. The van der Waals surface area contributed by atoms with Crippen molar-refractivity contribution < 1.29 is 27.7 Å². The van der Waals surface area contributed by atoms with Crippen LogP contribution in [0.1, 0.15) is 33.3 Å². The molecule has 0 bridgehead atoms. The molecule has 0 unspecified atom stereocenters. The molecule has 0 radical (unpaired) electrons. The maximum absolute atomic E-state index is 13.7. The molecule has 0 fully saturated rings. The Bertz CT molecular complexity index is 1310. The van der Waals surface area contributed by atoms with E-state index in [1.165, 1.54) is 20.1 Å². The van der Waals surface area contributed by atoms with Crippen molar-refractivity contribution in [2.45, 2.75) is 45.8 Å². The zero-order valence-electron chi connectivity index (χ0n) is 21.8. The lowest BCUT2D eigenvalue weighted by Gasteiger charge is -2.33. The number of nitro benzene ring substituents is 1. The van der Waals surface area contributed by atoms with Gasteiger partial charge in [0.05, 0.1) is 18.3 Å². The van der Waals surface area contributed by atoms with E-state index < -0.39 is 50.6 Å². The molecule has 2 rings (SSSR count). The molecule has 1 atom stereocenters. The highest BCUT2D eigenvalue weighted by Gasteiger charge is 2.33. The van der Waals surface area contributed by atoms with Crippen molar-refractivity contribution in [1.82, 2.24) is 10.2 Å². The lowest BCUT2D eigenvalue weighted by atomic mass is 10.1. The Hall–Kier alpha value is -3.09. The van der Waals surface area contributed by atoms with E-state index in [0.29, 0.717) is 9.87 Å². The molecule has 0 saturated heterocycles. The fourth-order valence-electron chi connectivity index (χ4n) is 3.49. The fourth-order valence-corrected chi connectivity index (χ4v) is 4.85. The van der Waals surface area contributed by atoms with Crippen LogP contribution < -0.4 is 14.4 Å². The van der Waals surface area contributed by atoms with Gasteiger partial charge in [-0.25, -0.2) is 8.42 Å². The molecule has 2 aromatic rings. The predicted molar refractivity (Wildman–Crippen MR) is 146 cm³/mol. The number of amides is 2. The lowest BCUT2D eigenvalue weighted by molar-refractivity contribution is -0.384. The summed E-state index contributed by atoms with van der Waals surface area (Å²) in [6.45, 7) is 5.81. The molecule has 14 heteroatoms. The first-order chi connectivity index (χ1) is 17.5. The number of carbonyl (C=O) groups excluding carboxylic acids is 2. The van der Waals surface area contributed by atoms with Crippen LogP contribution >= 0.6 is 23.2 Å². The summed E-state index contributed by atoms with van der Waals surface area (Å²) in [6, 6.07) is 7.08. The Kier molecular flexibility index (Phi) is 9.98. The molecule has 0 spiro atoms. The van der Waals surface area contributed by atoms with Crippen LogP contribution in [0.25, 0.3) is 0 Å². The van der Waals surface area contributed by atoms with Gasteiger partial charge in [-0.2, -0.15) is 0 Å². The minimum absolute atomic E-state index is 0.00644. The largest absolute Gasteiger partial charge is 0.495 e. The van der Waals surface area contributed by atoms with Crippen LogP contribution in [0.5, 0.6) is 5.75 Å². The van der Waals surface area contributed by atoms with Gasteiger partial charge < -0.3 is 15.0 Å². The number of rotatable bonds is 10. The number of carbonyl (C=O) groups is 2. The molecule has 0 aliphatic heterocycles. The summed E-state index contributed by atoms with van der Waals surface area (Å²) in [5.74, 6) is -1.28. The van der Waals surface area contributed by atoms with E-state index in [-0.39, 0.29) is 28.0 Å². The number of nitrogens with zero attached hydrogens (tertiary/aromatic N) is 3. The van der Waals surface area contributed by atoms with Gasteiger partial charge >= 0.3 is 0 Å². The number of ether oxygens (including phenoxy) is 1. The van der Waals surface area contributed by atoms with Crippen molar-refractivity contribution in [3.63, 3.8) is 0 Å². The van der Waals surface area contributed by atoms with Crippen LogP contribution in [-0.2, 0) is 26.2 Å². The van der Waals surface area contributed by atoms with E-state index in [1.54, 1.807) is 39.0 Å². The maximum Gasteiger partial charge on any atom is 0.271 e.